The molecule has 0 fully saturated rings. The molecule has 0 saturated carbocycles. The number of fused-ring (bicyclic) bond motifs is 1. The molecule has 0 atom stereocenters. The van der Waals surface area contributed by atoms with Gasteiger partial charge in [0.15, 0.2) is 11.5 Å². The van der Waals surface area contributed by atoms with Crippen molar-refractivity contribution >= 4 is 23.6 Å². The Morgan fingerprint density at radius 2 is 1.93 bits per heavy atom. The summed E-state index contributed by atoms with van der Waals surface area (Å²) in [6, 6.07) is 11.3. The van der Waals surface area contributed by atoms with E-state index in [1.807, 2.05) is 50.3 Å². The molecule has 29 heavy (non-hydrogen) atoms. The second-order valence-corrected chi connectivity index (χ2v) is 7.61. The number of rotatable bonds is 5. The molecular weight excluding hydrogens is 392 g/mol. The lowest BCUT2D eigenvalue weighted by molar-refractivity contribution is -0.133. The monoisotopic (exact) mass is 412 g/mol. The lowest BCUT2D eigenvalue weighted by Crippen LogP contribution is -2.04. The number of esters is 1. The Morgan fingerprint density at radius 3 is 2.62 bits per heavy atom. The van der Waals surface area contributed by atoms with E-state index in [-0.39, 0.29) is 18.7 Å². The van der Waals surface area contributed by atoms with Gasteiger partial charge in [0.25, 0.3) is 0 Å². The van der Waals surface area contributed by atoms with Crippen LogP contribution < -0.4 is 14.2 Å². The SMILES string of the molecule is COc1ccc(C=C2OC(=O)C(Cc3cc(Cl)c4c(c3)OCO4)=C2C(C)C)cc1. The summed E-state index contributed by atoms with van der Waals surface area (Å²) in [6.07, 6.45) is 2.29. The zero-order valence-electron chi connectivity index (χ0n) is 16.5. The first-order chi connectivity index (χ1) is 14.0. The second kappa shape index (κ2) is 7.84. The fourth-order valence-corrected chi connectivity index (χ4v) is 3.85. The molecule has 0 aliphatic carbocycles. The van der Waals surface area contributed by atoms with Crippen LogP contribution in [0.4, 0.5) is 0 Å². The second-order valence-electron chi connectivity index (χ2n) is 7.21. The molecule has 2 aliphatic rings. The smallest absolute Gasteiger partial charge is 0.340 e. The number of benzene rings is 2. The van der Waals surface area contributed by atoms with Crippen LogP contribution in [0, 0.1) is 5.92 Å². The van der Waals surface area contributed by atoms with Crippen LogP contribution in [0.5, 0.6) is 17.2 Å². The molecule has 0 amide bonds. The molecule has 2 aromatic carbocycles. The van der Waals surface area contributed by atoms with Gasteiger partial charge in [0, 0.05) is 17.6 Å². The Bertz CT molecular complexity index is 1020. The number of hydrogen-bond acceptors (Lipinski definition) is 5. The van der Waals surface area contributed by atoms with Crippen LogP contribution in [-0.4, -0.2) is 19.9 Å². The van der Waals surface area contributed by atoms with Gasteiger partial charge >= 0.3 is 5.97 Å². The molecule has 4 rings (SSSR count). The molecule has 0 saturated heterocycles. The number of ether oxygens (including phenoxy) is 4. The minimum atomic E-state index is -0.331. The van der Waals surface area contributed by atoms with E-state index in [0.717, 1.165) is 22.4 Å². The molecule has 0 bridgehead atoms. The molecule has 5 nitrogen and oxygen atoms in total. The van der Waals surface area contributed by atoms with Crippen molar-refractivity contribution in [2.75, 3.05) is 13.9 Å². The Labute approximate surface area is 174 Å². The standard InChI is InChI=1S/C23H21ClO5/c1-13(2)21-17(8-15-9-18(24)22-20(11-15)27-12-28-22)23(25)29-19(21)10-14-4-6-16(26-3)7-5-14/h4-7,9-11,13H,8,12H2,1-3H3. The number of carbonyl (C=O) groups is 1. The lowest BCUT2D eigenvalue weighted by atomic mass is 9.92. The third-order valence-corrected chi connectivity index (χ3v) is 5.18. The fraction of sp³-hybridized carbons (Fsp3) is 0.261. The van der Waals surface area contributed by atoms with E-state index in [1.165, 1.54) is 0 Å². The Hall–Kier alpha value is -2.92. The lowest BCUT2D eigenvalue weighted by Gasteiger charge is -2.10. The van der Waals surface area contributed by atoms with Crippen molar-refractivity contribution < 1.29 is 23.7 Å². The van der Waals surface area contributed by atoms with Gasteiger partial charge in [-0.25, -0.2) is 4.79 Å². The van der Waals surface area contributed by atoms with Crippen molar-refractivity contribution in [2.45, 2.75) is 20.3 Å². The van der Waals surface area contributed by atoms with Crippen molar-refractivity contribution in [1.29, 1.82) is 0 Å². The van der Waals surface area contributed by atoms with Gasteiger partial charge in [-0.1, -0.05) is 37.6 Å². The summed E-state index contributed by atoms with van der Waals surface area (Å²) in [5.41, 5.74) is 3.34. The summed E-state index contributed by atoms with van der Waals surface area (Å²) in [5.74, 6) is 2.28. The normalized spacial score (nSPS) is 16.7. The van der Waals surface area contributed by atoms with Gasteiger partial charge in [0.05, 0.1) is 12.1 Å². The number of cyclic esters (lactones) is 1. The third kappa shape index (κ3) is 3.83. The average molecular weight is 413 g/mol. The highest BCUT2D eigenvalue weighted by Gasteiger charge is 2.32. The highest BCUT2D eigenvalue weighted by molar-refractivity contribution is 6.32. The van der Waals surface area contributed by atoms with Crippen LogP contribution in [0.15, 0.2) is 53.3 Å². The van der Waals surface area contributed by atoms with Crippen molar-refractivity contribution in [1.82, 2.24) is 0 Å². The van der Waals surface area contributed by atoms with Crippen LogP contribution in [-0.2, 0) is 16.0 Å². The van der Waals surface area contributed by atoms with Crippen LogP contribution >= 0.6 is 11.6 Å². The number of hydrogen-bond donors (Lipinski definition) is 0. The first-order valence-electron chi connectivity index (χ1n) is 9.35. The maximum Gasteiger partial charge on any atom is 0.340 e. The first-order valence-corrected chi connectivity index (χ1v) is 9.73. The summed E-state index contributed by atoms with van der Waals surface area (Å²) in [7, 11) is 1.63. The summed E-state index contributed by atoms with van der Waals surface area (Å²) >= 11 is 6.30. The minimum absolute atomic E-state index is 0.116. The molecule has 6 heteroatoms. The molecule has 2 aromatic rings. The number of carbonyl (C=O) groups excluding carboxylic acids is 1. The highest BCUT2D eigenvalue weighted by Crippen LogP contribution is 2.41. The third-order valence-electron chi connectivity index (χ3n) is 4.90. The predicted octanol–water partition coefficient (Wildman–Crippen LogP) is 5.17. The summed E-state index contributed by atoms with van der Waals surface area (Å²) in [4.78, 5) is 12.7. The van der Waals surface area contributed by atoms with Crippen molar-refractivity contribution in [3.8, 4) is 17.2 Å². The van der Waals surface area contributed by atoms with Crippen LogP contribution in [0.25, 0.3) is 6.08 Å². The van der Waals surface area contributed by atoms with E-state index in [4.69, 9.17) is 30.5 Å². The first kappa shape index (κ1) is 19.4. The van der Waals surface area contributed by atoms with Crippen LogP contribution in [0.2, 0.25) is 5.02 Å². The molecule has 150 valence electrons. The van der Waals surface area contributed by atoms with Gasteiger partial charge < -0.3 is 18.9 Å². The predicted molar refractivity (Wildman–Crippen MR) is 110 cm³/mol. The molecule has 0 unspecified atom stereocenters. The Kier molecular flexibility index (Phi) is 5.24. The molecule has 2 heterocycles. The molecule has 2 aliphatic heterocycles. The van der Waals surface area contributed by atoms with Gasteiger partial charge in [0.2, 0.25) is 6.79 Å². The zero-order valence-corrected chi connectivity index (χ0v) is 17.2. The summed E-state index contributed by atoms with van der Waals surface area (Å²) < 4.78 is 21.6. The average Bonchev–Trinajstić information content (AvgIpc) is 3.27. The maximum atomic E-state index is 12.7. The van der Waals surface area contributed by atoms with E-state index >= 15 is 0 Å². The largest absolute Gasteiger partial charge is 0.497 e. The quantitative estimate of drug-likeness (QED) is 0.634. The zero-order chi connectivity index (χ0) is 20.5. The van der Waals surface area contributed by atoms with Crippen molar-refractivity contribution in [3.05, 3.63) is 69.5 Å². The molecular formula is C23H21ClO5. The topological polar surface area (TPSA) is 54.0 Å². The van der Waals surface area contributed by atoms with E-state index in [0.29, 0.717) is 34.3 Å². The van der Waals surface area contributed by atoms with E-state index in [2.05, 4.69) is 0 Å². The molecule has 0 radical (unpaired) electrons. The Balaban J connectivity index is 1.69. The van der Waals surface area contributed by atoms with Gasteiger partial charge in [-0.2, -0.15) is 0 Å². The molecule has 0 N–H and O–H groups in total. The van der Waals surface area contributed by atoms with Gasteiger partial charge in [-0.05, 0) is 47.4 Å². The van der Waals surface area contributed by atoms with E-state index in [9.17, 15) is 4.79 Å². The van der Waals surface area contributed by atoms with Gasteiger partial charge in [-0.3, -0.25) is 0 Å². The summed E-state index contributed by atoms with van der Waals surface area (Å²) in [6.45, 7) is 4.24. The van der Waals surface area contributed by atoms with Crippen LogP contribution in [0.1, 0.15) is 25.0 Å². The van der Waals surface area contributed by atoms with Crippen molar-refractivity contribution in [3.63, 3.8) is 0 Å². The van der Waals surface area contributed by atoms with Gasteiger partial charge in [-0.15, -0.1) is 0 Å². The van der Waals surface area contributed by atoms with E-state index < -0.39 is 0 Å². The summed E-state index contributed by atoms with van der Waals surface area (Å²) in [5, 5.41) is 0.474. The minimum Gasteiger partial charge on any atom is -0.497 e. The molecule has 0 aromatic heterocycles. The number of halogens is 1. The highest BCUT2D eigenvalue weighted by atomic mass is 35.5. The fourth-order valence-electron chi connectivity index (χ4n) is 3.56. The van der Waals surface area contributed by atoms with E-state index in [1.54, 1.807) is 13.2 Å². The van der Waals surface area contributed by atoms with Gasteiger partial charge in [0.1, 0.15) is 11.5 Å². The number of methoxy groups -OCH3 is 1. The molecule has 0 spiro atoms. The number of allylic oxidation sites excluding steroid dienone is 1. The Morgan fingerprint density at radius 1 is 1.17 bits per heavy atom. The van der Waals surface area contributed by atoms with Crippen LogP contribution in [0.3, 0.4) is 0 Å². The van der Waals surface area contributed by atoms with Crippen molar-refractivity contribution in [2.24, 2.45) is 5.92 Å². The maximum absolute atomic E-state index is 12.7.